The number of hydrogen-bond acceptors (Lipinski definition) is 1. The molecular formula is C13H11BrCl2N2O. The van der Waals surface area contributed by atoms with Gasteiger partial charge in [-0.1, -0.05) is 51.3 Å². The van der Waals surface area contributed by atoms with Crippen molar-refractivity contribution in [1.29, 1.82) is 0 Å². The van der Waals surface area contributed by atoms with E-state index in [1.54, 1.807) is 17.7 Å². The van der Waals surface area contributed by atoms with Gasteiger partial charge < -0.3 is 9.88 Å². The van der Waals surface area contributed by atoms with E-state index < -0.39 is 0 Å². The Hall–Kier alpha value is -0.970. The second kappa shape index (κ2) is 5.99. The summed E-state index contributed by atoms with van der Waals surface area (Å²) in [6.07, 6.45) is 0. The largest absolute Gasteiger partial charge is 0.347 e. The van der Waals surface area contributed by atoms with Gasteiger partial charge in [-0.2, -0.15) is 0 Å². The number of amides is 1. The molecular weight excluding hydrogens is 351 g/mol. The SMILES string of the molecule is Cn1c(C(=O)NCc2cccc(Br)c2)cc(Cl)c1Cl. The highest BCUT2D eigenvalue weighted by atomic mass is 79.9. The molecule has 0 aliphatic heterocycles. The first-order valence-electron chi connectivity index (χ1n) is 5.52. The van der Waals surface area contributed by atoms with Crippen LogP contribution in [0.2, 0.25) is 10.2 Å². The molecule has 0 aliphatic carbocycles. The van der Waals surface area contributed by atoms with Crippen molar-refractivity contribution < 1.29 is 4.79 Å². The zero-order valence-electron chi connectivity index (χ0n) is 10.1. The van der Waals surface area contributed by atoms with Crippen LogP contribution in [0.1, 0.15) is 16.1 Å². The number of benzene rings is 1. The zero-order valence-corrected chi connectivity index (χ0v) is 13.2. The monoisotopic (exact) mass is 360 g/mol. The standard InChI is InChI=1S/C13H11BrCl2N2O/c1-18-11(6-10(15)12(18)16)13(19)17-7-8-3-2-4-9(14)5-8/h2-6H,7H2,1H3,(H,17,19). The van der Waals surface area contributed by atoms with Crippen LogP contribution in [-0.2, 0) is 13.6 Å². The van der Waals surface area contributed by atoms with E-state index in [4.69, 9.17) is 23.2 Å². The molecule has 0 unspecified atom stereocenters. The lowest BCUT2D eigenvalue weighted by molar-refractivity contribution is 0.0943. The number of carbonyl (C=O) groups excluding carboxylic acids is 1. The molecule has 1 aromatic carbocycles. The third-order valence-corrected chi connectivity index (χ3v) is 4.03. The minimum absolute atomic E-state index is 0.212. The number of nitrogens with zero attached hydrogens (tertiary/aromatic N) is 1. The second-order valence-corrected chi connectivity index (χ2v) is 5.72. The molecule has 1 heterocycles. The average molecular weight is 362 g/mol. The van der Waals surface area contributed by atoms with Gasteiger partial charge in [0.05, 0.1) is 5.02 Å². The van der Waals surface area contributed by atoms with Gasteiger partial charge in [-0.3, -0.25) is 4.79 Å². The van der Waals surface area contributed by atoms with E-state index in [0.29, 0.717) is 22.4 Å². The van der Waals surface area contributed by atoms with E-state index in [0.717, 1.165) is 10.0 Å². The number of halogens is 3. The lowest BCUT2D eigenvalue weighted by Crippen LogP contribution is -2.24. The van der Waals surface area contributed by atoms with Gasteiger partial charge in [0.1, 0.15) is 10.8 Å². The molecule has 2 aromatic rings. The van der Waals surface area contributed by atoms with Crippen LogP contribution >= 0.6 is 39.1 Å². The van der Waals surface area contributed by atoms with Crippen LogP contribution in [0.15, 0.2) is 34.8 Å². The predicted octanol–water partition coefficient (Wildman–Crippen LogP) is 4.02. The molecule has 0 aliphatic rings. The van der Waals surface area contributed by atoms with Gasteiger partial charge in [0.15, 0.2) is 0 Å². The minimum atomic E-state index is -0.212. The average Bonchev–Trinajstić information content (AvgIpc) is 2.64. The Kier molecular flexibility index (Phi) is 4.55. The molecule has 0 fully saturated rings. The Morgan fingerprint density at radius 3 is 2.68 bits per heavy atom. The Labute approximate surface area is 129 Å². The van der Waals surface area contributed by atoms with Crippen LogP contribution in [0, 0.1) is 0 Å². The van der Waals surface area contributed by atoms with Crippen molar-refractivity contribution in [3.05, 3.63) is 56.2 Å². The normalized spacial score (nSPS) is 10.5. The molecule has 0 radical (unpaired) electrons. The molecule has 0 saturated carbocycles. The van der Waals surface area contributed by atoms with E-state index in [-0.39, 0.29) is 5.91 Å². The molecule has 0 spiro atoms. The van der Waals surface area contributed by atoms with E-state index in [1.165, 1.54) is 0 Å². The zero-order chi connectivity index (χ0) is 14.0. The van der Waals surface area contributed by atoms with Gasteiger partial charge in [-0.25, -0.2) is 0 Å². The molecule has 19 heavy (non-hydrogen) atoms. The van der Waals surface area contributed by atoms with E-state index in [9.17, 15) is 4.79 Å². The van der Waals surface area contributed by atoms with Crippen molar-refractivity contribution in [2.24, 2.45) is 7.05 Å². The third-order valence-electron chi connectivity index (χ3n) is 2.69. The summed E-state index contributed by atoms with van der Waals surface area (Å²) in [6.45, 7) is 0.443. The summed E-state index contributed by atoms with van der Waals surface area (Å²) in [7, 11) is 1.70. The first-order valence-corrected chi connectivity index (χ1v) is 7.07. The number of carbonyl (C=O) groups is 1. The molecule has 100 valence electrons. The molecule has 1 aromatic heterocycles. The summed E-state index contributed by atoms with van der Waals surface area (Å²) in [5.41, 5.74) is 1.44. The van der Waals surface area contributed by atoms with Crippen molar-refractivity contribution in [2.45, 2.75) is 6.54 Å². The maximum atomic E-state index is 12.0. The van der Waals surface area contributed by atoms with Gasteiger partial charge in [0.2, 0.25) is 0 Å². The van der Waals surface area contributed by atoms with Crippen molar-refractivity contribution in [3.63, 3.8) is 0 Å². The van der Waals surface area contributed by atoms with Crippen LogP contribution in [-0.4, -0.2) is 10.5 Å². The lowest BCUT2D eigenvalue weighted by atomic mass is 10.2. The summed E-state index contributed by atoms with van der Waals surface area (Å²) in [6, 6.07) is 9.30. The molecule has 0 bridgehead atoms. The lowest BCUT2D eigenvalue weighted by Gasteiger charge is -2.07. The van der Waals surface area contributed by atoms with Crippen LogP contribution in [0.4, 0.5) is 0 Å². The fraction of sp³-hybridized carbons (Fsp3) is 0.154. The van der Waals surface area contributed by atoms with Gasteiger partial charge in [-0.05, 0) is 23.8 Å². The predicted molar refractivity (Wildman–Crippen MR) is 80.7 cm³/mol. The molecule has 6 heteroatoms. The smallest absolute Gasteiger partial charge is 0.268 e. The van der Waals surface area contributed by atoms with Gasteiger partial charge in [0.25, 0.3) is 5.91 Å². The fourth-order valence-corrected chi connectivity index (χ4v) is 2.50. The number of nitrogens with one attached hydrogen (secondary N) is 1. The number of aromatic nitrogens is 1. The molecule has 3 nitrogen and oxygen atoms in total. The first kappa shape index (κ1) is 14.4. The molecule has 1 amide bonds. The highest BCUT2D eigenvalue weighted by Gasteiger charge is 2.15. The fourth-order valence-electron chi connectivity index (χ4n) is 1.68. The highest BCUT2D eigenvalue weighted by Crippen LogP contribution is 2.25. The summed E-state index contributed by atoms with van der Waals surface area (Å²) in [5.74, 6) is -0.212. The van der Waals surface area contributed by atoms with Crippen LogP contribution < -0.4 is 5.32 Å². The molecule has 2 rings (SSSR count). The minimum Gasteiger partial charge on any atom is -0.347 e. The second-order valence-electron chi connectivity index (χ2n) is 4.04. The van der Waals surface area contributed by atoms with E-state index in [1.807, 2.05) is 24.3 Å². The summed E-state index contributed by atoms with van der Waals surface area (Å²) >= 11 is 15.2. The van der Waals surface area contributed by atoms with Gasteiger partial charge in [0, 0.05) is 18.1 Å². The van der Waals surface area contributed by atoms with Crippen molar-refractivity contribution in [1.82, 2.24) is 9.88 Å². The molecule has 0 saturated heterocycles. The Morgan fingerprint density at radius 2 is 2.11 bits per heavy atom. The summed E-state index contributed by atoms with van der Waals surface area (Å²) in [5, 5.41) is 3.55. The Morgan fingerprint density at radius 1 is 1.37 bits per heavy atom. The summed E-state index contributed by atoms with van der Waals surface area (Å²) in [4.78, 5) is 12.0. The first-order chi connectivity index (χ1) is 8.99. The third kappa shape index (κ3) is 3.32. The molecule has 0 atom stereocenters. The van der Waals surface area contributed by atoms with Gasteiger partial charge in [-0.15, -0.1) is 0 Å². The van der Waals surface area contributed by atoms with Crippen LogP contribution in [0.3, 0.4) is 0 Å². The van der Waals surface area contributed by atoms with Crippen LogP contribution in [0.25, 0.3) is 0 Å². The van der Waals surface area contributed by atoms with Crippen molar-refractivity contribution in [2.75, 3.05) is 0 Å². The van der Waals surface area contributed by atoms with Crippen molar-refractivity contribution in [3.8, 4) is 0 Å². The molecule has 1 N–H and O–H groups in total. The number of hydrogen-bond donors (Lipinski definition) is 1. The van der Waals surface area contributed by atoms with Gasteiger partial charge >= 0.3 is 0 Å². The maximum Gasteiger partial charge on any atom is 0.268 e. The van der Waals surface area contributed by atoms with E-state index in [2.05, 4.69) is 21.2 Å². The maximum absolute atomic E-state index is 12.0. The van der Waals surface area contributed by atoms with Crippen molar-refractivity contribution >= 4 is 45.0 Å². The van der Waals surface area contributed by atoms with Crippen LogP contribution in [0.5, 0.6) is 0 Å². The highest BCUT2D eigenvalue weighted by molar-refractivity contribution is 9.10. The quantitative estimate of drug-likeness (QED) is 0.879. The van der Waals surface area contributed by atoms with E-state index >= 15 is 0 Å². The topological polar surface area (TPSA) is 34.0 Å². The number of rotatable bonds is 3. The Bertz CT molecular complexity index is 625. The summed E-state index contributed by atoms with van der Waals surface area (Å²) < 4.78 is 2.53. The Balaban J connectivity index is 2.07.